The third-order valence-corrected chi connectivity index (χ3v) is 3.66. The van der Waals surface area contributed by atoms with Crippen molar-refractivity contribution >= 4 is 17.4 Å². The van der Waals surface area contributed by atoms with E-state index in [4.69, 9.17) is 0 Å². The molecule has 4 heteroatoms. The Labute approximate surface area is 99.6 Å². The molecule has 0 atom stereocenters. The Morgan fingerprint density at radius 2 is 2.38 bits per heavy atom. The first kappa shape index (κ1) is 11.2. The molecule has 0 aliphatic heterocycles. The van der Waals surface area contributed by atoms with Gasteiger partial charge >= 0.3 is 6.03 Å². The summed E-state index contributed by atoms with van der Waals surface area (Å²) < 4.78 is 0. The van der Waals surface area contributed by atoms with Crippen LogP contribution in [-0.4, -0.2) is 19.1 Å². The van der Waals surface area contributed by atoms with E-state index in [1.54, 1.807) is 17.4 Å². The molecule has 2 N–H and O–H groups in total. The average Bonchev–Trinajstić information content (AvgIpc) is 2.88. The average molecular weight is 236 g/mol. The number of rotatable bonds is 5. The standard InChI is InChI=1S/C12H16N2OS/c1-2-6-13-11(15)14-9-12(4-5-12)10-3-7-16-8-10/h2-3,7-8H,1,4-6,9H2,(H2,13,14,15). The van der Waals surface area contributed by atoms with E-state index in [0.717, 1.165) is 6.54 Å². The SMILES string of the molecule is C=CCNC(=O)NCC1(c2ccsc2)CC1. The molecule has 0 radical (unpaired) electrons. The van der Waals surface area contributed by atoms with Crippen molar-refractivity contribution in [1.29, 1.82) is 0 Å². The van der Waals surface area contributed by atoms with Crippen molar-refractivity contribution in [3.8, 4) is 0 Å². The molecule has 0 spiro atoms. The van der Waals surface area contributed by atoms with Gasteiger partial charge in [0, 0.05) is 18.5 Å². The molecular weight excluding hydrogens is 220 g/mol. The van der Waals surface area contributed by atoms with Crippen LogP contribution in [0, 0.1) is 0 Å². The Bertz CT molecular complexity index is 368. The topological polar surface area (TPSA) is 41.1 Å². The van der Waals surface area contributed by atoms with Crippen LogP contribution in [0.4, 0.5) is 4.79 Å². The van der Waals surface area contributed by atoms with Crippen LogP contribution >= 0.6 is 11.3 Å². The van der Waals surface area contributed by atoms with Gasteiger partial charge in [-0.3, -0.25) is 0 Å². The summed E-state index contributed by atoms with van der Waals surface area (Å²) in [5.41, 5.74) is 1.58. The molecule has 1 heterocycles. The maximum absolute atomic E-state index is 11.4. The van der Waals surface area contributed by atoms with E-state index in [9.17, 15) is 4.79 Å². The first-order valence-electron chi connectivity index (χ1n) is 5.42. The third-order valence-electron chi connectivity index (χ3n) is 2.98. The first-order chi connectivity index (χ1) is 7.77. The predicted molar refractivity (Wildman–Crippen MR) is 66.8 cm³/mol. The monoisotopic (exact) mass is 236 g/mol. The molecule has 1 aliphatic rings. The van der Waals surface area contributed by atoms with Crippen LogP contribution in [0.1, 0.15) is 18.4 Å². The molecule has 0 unspecified atom stereocenters. The van der Waals surface area contributed by atoms with Crippen molar-refractivity contribution < 1.29 is 4.79 Å². The van der Waals surface area contributed by atoms with Gasteiger partial charge in [-0.15, -0.1) is 6.58 Å². The zero-order valence-electron chi connectivity index (χ0n) is 9.16. The molecule has 1 fully saturated rings. The lowest BCUT2D eigenvalue weighted by atomic mass is 9.99. The minimum atomic E-state index is -0.110. The molecule has 1 aromatic rings. The van der Waals surface area contributed by atoms with Gasteiger partial charge in [0.15, 0.2) is 0 Å². The summed E-state index contributed by atoms with van der Waals surface area (Å²) in [6.07, 6.45) is 4.02. The Morgan fingerprint density at radius 3 is 2.94 bits per heavy atom. The highest BCUT2D eigenvalue weighted by molar-refractivity contribution is 7.08. The normalized spacial score (nSPS) is 16.5. The van der Waals surface area contributed by atoms with E-state index < -0.39 is 0 Å². The molecule has 0 aromatic carbocycles. The molecule has 1 aromatic heterocycles. The molecule has 1 saturated carbocycles. The van der Waals surface area contributed by atoms with Crippen LogP contribution in [0.5, 0.6) is 0 Å². The zero-order chi connectivity index (χ0) is 11.4. The van der Waals surface area contributed by atoms with Crippen LogP contribution < -0.4 is 10.6 Å². The Morgan fingerprint density at radius 1 is 1.56 bits per heavy atom. The van der Waals surface area contributed by atoms with E-state index in [1.165, 1.54) is 18.4 Å². The van der Waals surface area contributed by atoms with Gasteiger partial charge in [-0.1, -0.05) is 6.08 Å². The smallest absolute Gasteiger partial charge is 0.315 e. The van der Waals surface area contributed by atoms with Gasteiger partial charge in [-0.25, -0.2) is 4.79 Å². The van der Waals surface area contributed by atoms with Gasteiger partial charge in [0.1, 0.15) is 0 Å². The van der Waals surface area contributed by atoms with Crippen LogP contribution in [0.25, 0.3) is 0 Å². The molecular formula is C12H16N2OS. The molecule has 86 valence electrons. The highest BCUT2D eigenvalue weighted by Crippen LogP contribution is 2.48. The summed E-state index contributed by atoms with van der Waals surface area (Å²) in [5, 5.41) is 9.90. The van der Waals surface area contributed by atoms with Crippen molar-refractivity contribution in [2.75, 3.05) is 13.1 Å². The van der Waals surface area contributed by atoms with Crippen LogP contribution in [-0.2, 0) is 5.41 Å². The van der Waals surface area contributed by atoms with E-state index >= 15 is 0 Å². The quantitative estimate of drug-likeness (QED) is 0.757. The number of thiophene rings is 1. The fraction of sp³-hybridized carbons (Fsp3) is 0.417. The molecule has 16 heavy (non-hydrogen) atoms. The number of carbonyl (C=O) groups excluding carboxylic acids is 1. The van der Waals surface area contributed by atoms with Gasteiger partial charge in [0.25, 0.3) is 0 Å². The Balaban J connectivity index is 1.82. The summed E-state index contributed by atoms with van der Waals surface area (Å²) in [4.78, 5) is 11.4. The van der Waals surface area contributed by atoms with Crippen molar-refractivity contribution in [2.24, 2.45) is 0 Å². The first-order valence-corrected chi connectivity index (χ1v) is 6.36. The molecule has 2 amide bonds. The second-order valence-electron chi connectivity index (χ2n) is 4.14. The predicted octanol–water partition coefficient (Wildman–Crippen LogP) is 2.26. The molecule has 0 bridgehead atoms. The van der Waals surface area contributed by atoms with Crippen LogP contribution in [0.2, 0.25) is 0 Å². The number of amides is 2. The fourth-order valence-corrected chi connectivity index (χ4v) is 2.54. The van der Waals surface area contributed by atoms with Gasteiger partial charge < -0.3 is 10.6 Å². The molecule has 1 aliphatic carbocycles. The van der Waals surface area contributed by atoms with E-state index in [0.29, 0.717) is 6.54 Å². The summed E-state index contributed by atoms with van der Waals surface area (Å²) in [6.45, 7) is 4.79. The minimum absolute atomic E-state index is 0.110. The summed E-state index contributed by atoms with van der Waals surface area (Å²) >= 11 is 1.71. The van der Waals surface area contributed by atoms with Gasteiger partial charge in [0.2, 0.25) is 0 Å². The lowest BCUT2D eigenvalue weighted by Crippen LogP contribution is -2.39. The molecule has 2 rings (SSSR count). The number of hydrogen-bond donors (Lipinski definition) is 2. The number of urea groups is 1. The van der Waals surface area contributed by atoms with Crippen LogP contribution in [0.15, 0.2) is 29.5 Å². The number of hydrogen-bond acceptors (Lipinski definition) is 2. The maximum atomic E-state index is 11.4. The summed E-state index contributed by atoms with van der Waals surface area (Å²) in [5.74, 6) is 0. The van der Waals surface area contributed by atoms with Gasteiger partial charge in [-0.2, -0.15) is 11.3 Å². The second-order valence-corrected chi connectivity index (χ2v) is 4.92. The van der Waals surface area contributed by atoms with Gasteiger partial charge in [0.05, 0.1) is 0 Å². The van der Waals surface area contributed by atoms with Crippen molar-refractivity contribution in [3.63, 3.8) is 0 Å². The molecule has 0 saturated heterocycles. The summed E-state index contributed by atoms with van der Waals surface area (Å²) in [6, 6.07) is 2.04. The van der Waals surface area contributed by atoms with E-state index in [-0.39, 0.29) is 11.4 Å². The van der Waals surface area contributed by atoms with Crippen molar-refractivity contribution in [3.05, 3.63) is 35.0 Å². The highest BCUT2D eigenvalue weighted by atomic mass is 32.1. The van der Waals surface area contributed by atoms with Crippen molar-refractivity contribution in [2.45, 2.75) is 18.3 Å². The molecule has 3 nitrogen and oxygen atoms in total. The Kier molecular flexibility index (Phi) is 3.29. The fourth-order valence-electron chi connectivity index (χ4n) is 1.76. The van der Waals surface area contributed by atoms with E-state index in [1.807, 2.05) is 0 Å². The number of nitrogens with one attached hydrogen (secondary N) is 2. The number of carbonyl (C=O) groups is 1. The maximum Gasteiger partial charge on any atom is 0.315 e. The second kappa shape index (κ2) is 4.70. The largest absolute Gasteiger partial charge is 0.337 e. The minimum Gasteiger partial charge on any atom is -0.337 e. The zero-order valence-corrected chi connectivity index (χ0v) is 9.98. The summed E-state index contributed by atoms with van der Waals surface area (Å²) in [7, 11) is 0. The van der Waals surface area contributed by atoms with Crippen molar-refractivity contribution in [1.82, 2.24) is 10.6 Å². The highest BCUT2D eigenvalue weighted by Gasteiger charge is 2.44. The Hall–Kier alpha value is -1.29. The lowest BCUT2D eigenvalue weighted by Gasteiger charge is -2.14. The van der Waals surface area contributed by atoms with E-state index in [2.05, 4.69) is 34.0 Å². The van der Waals surface area contributed by atoms with Gasteiger partial charge in [-0.05, 0) is 35.2 Å². The lowest BCUT2D eigenvalue weighted by molar-refractivity contribution is 0.241. The third kappa shape index (κ3) is 2.44. The van der Waals surface area contributed by atoms with Crippen LogP contribution in [0.3, 0.4) is 0 Å².